The molecule has 0 amide bonds. The smallest absolute Gasteiger partial charge is 0.478 e. The SMILES string of the molecule is C=Cc1c(C)c2cc3nc(c(C(=O)O)c4nc(cc5[nH]c(cc1[nH]2)c(C)c5CC)C(C)=C4C(=O)O)[C@@H](C[CH2-])[C@@H]3C.[Na+]. The third-order valence-corrected chi connectivity index (χ3v) is 8.37. The molecule has 0 radical (unpaired) electrons. The number of nitrogens with one attached hydrogen (secondary N) is 2. The molecule has 41 heavy (non-hydrogen) atoms. The van der Waals surface area contributed by atoms with Crippen LogP contribution in [0, 0.1) is 20.8 Å². The third kappa shape index (κ3) is 4.88. The number of aromatic nitrogens is 4. The van der Waals surface area contributed by atoms with Gasteiger partial charge in [-0.25, -0.2) is 14.6 Å². The van der Waals surface area contributed by atoms with Gasteiger partial charge in [0, 0.05) is 39.2 Å². The van der Waals surface area contributed by atoms with E-state index >= 15 is 0 Å². The molecule has 8 nitrogen and oxygen atoms in total. The Morgan fingerprint density at radius 3 is 2.24 bits per heavy atom. The molecule has 9 heteroatoms. The molecular weight excluding hydrogens is 527 g/mol. The summed E-state index contributed by atoms with van der Waals surface area (Å²) >= 11 is 0. The minimum absolute atomic E-state index is 0. The van der Waals surface area contributed by atoms with Crippen molar-refractivity contribution in [2.24, 2.45) is 0 Å². The molecule has 0 spiro atoms. The number of carboxylic acid groups (broad SMARTS) is 2. The maximum atomic E-state index is 12.8. The van der Waals surface area contributed by atoms with Crippen molar-refractivity contribution in [3.8, 4) is 0 Å². The van der Waals surface area contributed by atoms with Crippen LogP contribution in [0.5, 0.6) is 0 Å². The second-order valence-electron chi connectivity index (χ2n) is 10.5. The molecule has 4 N–H and O–H groups in total. The quantitative estimate of drug-likeness (QED) is 0.276. The van der Waals surface area contributed by atoms with Gasteiger partial charge in [-0.15, -0.1) is 0 Å². The molecule has 0 saturated carbocycles. The zero-order chi connectivity index (χ0) is 29.0. The fourth-order valence-corrected chi connectivity index (χ4v) is 6.05. The number of carbonyl (C=O) groups is 2. The molecule has 8 bridgehead atoms. The summed E-state index contributed by atoms with van der Waals surface area (Å²) in [6, 6.07) is 5.81. The molecule has 2 atom stereocenters. The predicted molar refractivity (Wildman–Crippen MR) is 158 cm³/mol. The van der Waals surface area contributed by atoms with Gasteiger partial charge >= 0.3 is 41.5 Å². The Kier molecular flexibility index (Phi) is 8.50. The Morgan fingerprint density at radius 1 is 1.00 bits per heavy atom. The van der Waals surface area contributed by atoms with Gasteiger partial charge in [0.2, 0.25) is 0 Å². The number of aromatic amines is 2. The van der Waals surface area contributed by atoms with Crippen molar-refractivity contribution in [1.29, 1.82) is 0 Å². The first-order valence-corrected chi connectivity index (χ1v) is 13.4. The number of aryl methyl sites for hydroxylation is 3. The summed E-state index contributed by atoms with van der Waals surface area (Å²) in [5.41, 5.74) is 8.95. The van der Waals surface area contributed by atoms with E-state index in [1.165, 1.54) is 0 Å². The summed E-state index contributed by atoms with van der Waals surface area (Å²) in [5.74, 6) is -2.97. The summed E-state index contributed by atoms with van der Waals surface area (Å²) in [7, 11) is 0. The van der Waals surface area contributed by atoms with Crippen LogP contribution in [-0.4, -0.2) is 42.1 Å². The average Bonchev–Trinajstić information content (AvgIpc) is 3.57. The number of rotatable bonds is 5. The second kappa shape index (κ2) is 11.4. The molecule has 5 rings (SSSR count). The number of hydrogen-bond acceptors (Lipinski definition) is 4. The van der Waals surface area contributed by atoms with Crippen molar-refractivity contribution in [3.63, 3.8) is 0 Å². The molecule has 2 aliphatic heterocycles. The van der Waals surface area contributed by atoms with Crippen molar-refractivity contribution in [1.82, 2.24) is 19.9 Å². The Bertz CT molecular complexity index is 1810. The molecule has 0 unspecified atom stereocenters. The van der Waals surface area contributed by atoms with Gasteiger partial charge in [-0.1, -0.05) is 26.5 Å². The van der Waals surface area contributed by atoms with Gasteiger partial charge < -0.3 is 27.1 Å². The summed E-state index contributed by atoms with van der Waals surface area (Å²) in [4.78, 5) is 41.8. The second-order valence-corrected chi connectivity index (χ2v) is 10.5. The maximum Gasteiger partial charge on any atom is 1.00 e. The molecule has 5 heterocycles. The fraction of sp³-hybridized carbons (Fsp3) is 0.281. The van der Waals surface area contributed by atoms with E-state index < -0.39 is 11.9 Å². The topological polar surface area (TPSA) is 132 Å². The third-order valence-electron chi connectivity index (χ3n) is 8.37. The van der Waals surface area contributed by atoms with Gasteiger partial charge in [0.25, 0.3) is 0 Å². The van der Waals surface area contributed by atoms with Crippen LogP contribution in [0.25, 0.3) is 39.3 Å². The molecule has 0 saturated heterocycles. The Morgan fingerprint density at radius 2 is 1.66 bits per heavy atom. The summed E-state index contributed by atoms with van der Waals surface area (Å²) < 4.78 is 0. The molecule has 206 valence electrons. The number of hydrogen-bond donors (Lipinski definition) is 4. The van der Waals surface area contributed by atoms with Gasteiger partial charge in [0.1, 0.15) is 5.56 Å². The van der Waals surface area contributed by atoms with Crippen molar-refractivity contribution in [3.05, 3.63) is 82.3 Å². The molecule has 0 aliphatic carbocycles. The van der Waals surface area contributed by atoms with E-state index in [2.05, 4.69) is 41.4 Å². The van der Waals surface area contributed by atoms with E-state index in [1.807, 2.05) is 39.0 Å². The maximum absolute atomic E-state index is 12.8. The van der Waals surface area contributed by atoms with Crippen LogP contribution in [0.15, 0.2) is 24.8 Å². The van der Waals surface area contributed by atoms with Crippen LogP contribution < -0.4 is 29.6 Å². The molecule has 0 aromatic carbocycles. The summed E-state index contributed by atoms with van der Waals surface area (Å²) in [5, 5.41) is 20.6. The van der Waals surface area contributed by atoms with E-state index in [4.69, 9.17) is 4.98 Å². The minimum Gasteiger partial charge on any atom is -0.478 e. The number of aromatic carboxylic acids is 1. The molecule has 3 aromatic rings. The zero-order valence-electron chi connectivity index (χ0n) is 24.4. The van der Waals surface area contributed by atoms with Crippen LogP contribution in [0.2, 0.25) is 0 Å². The van der Waals surface area contributed by atoms with E-state index in [0.717, 1.165) is 50.7 Å². The van der Waals surface area contributed by atoms with E-state index in [9.17, 15) is 19.8 Å². The number of allylic oxidation sites excluding steroid dienone is 1. The van der Waals surface area contributed by atoms with Crippen LogP contribution in [0.1, 0.15) is 94.4 Å². The summed E-state index contributed by atoms with van der Waals surface area (Å²) in [6.45, 7) is 17.9. The van der Waals surface area contributed by atoms with Crippen LogP contribution in [0.3, 0.4) is 0 Å². The largest absolute Gasteiger partial charge is 1.00 e. The van der Waals surface area contributed by atoms with Crippen molar-refractivity contribution >= 4 is 51.2 Å². The molecule has 3 aromatic heterocycles. The van der Waals surface area contributed by atoms with Gasteiger partial charge in [-0.2, -0.15) is 6.42 Å². The Labute approximate surface area is 261 Å². The van der Waals surface area contributed by atoms with E-state index in [-0.39, 0.29) is 58.2 Å². The number of H-pyrrole nitrogens is 2. The van der Waals surface area contributed by atoms with Crippen molar-refractivity contribution in [2.75, 3.05) is 0 Å². The van der Waals surface area contributed by atoms with Gasteiger partial charge in [-0.05, 0) is 73.6 Å². The standard InChI is InChI=1S/C32H33N4O4.Na/c1-8-18-14(4)21-11-23-16(6)20(10-3)29(35-23)28(32(39)40)30-27(31(37)38)17(7)24(36-30)13-26-19(9-2)15(5)22(34-26)12-25(18)33-21;/h8,11-13,16,20,33-34H,1,3,9-10H2,2,4-7H3,(H,37,38)(H,39,40);/q-1;+1/t16-,20-;/m0./s1. The van der Waals surface area contributed by atoms with Gasteiger partial charge in [-0.3, -0.25) is 4.98 Å². The first-order chi connectivity index (χ1) is 19.0. The van der Waals surface area contributed by atoms with Crippen LogP contribution in [0.4, 0.5) is 0 Å². The Hall–Kier alpha value is -3.46. The summed E-state index contributed by atoms with van der Waals surface area (Å²) in [6.07, 6.45) is 2.95. The number of carboxylic acids is 2. The first-order valence-electron chi connectivity index (χ1n) is 13.4. The van der Waals surface area contributed by atoms with Crippen molar-refractivity contribution < 1.29 is 49.4 Å². The van der Waals surface area contributed by atoms with Crippen LogP contribution in [-0.2, 0) is 11.2 Å². The Balaban J connectivity index is 0.00000387. The number of fused-ring (bicyclic) bond motifs is 8. The monoisotopic (exact) mass is 560 g/mol. The minimum atomic E-state index is -1.27. The average molecular weight is 561 g/mol. The van der Waals surface area contributed by atoms with Crippen molar-refractivity contribution in [2.45, 2.75) is 59.3 Å². The fourth-order valence-electron chi connectivity index (χ4n) is 6.05. The normalized spacial score (nSPS) is 16.4. The first kappa shape index (κ1) is 30.5. The van der Waals surface area contributed by atoms with Gasteiger partial charge in [0.15, 0.2) is 0 Å². The number of nitrogens with zero attached hydrogens (tertiary/aromatic N) is 2. The number of aliphatic carboxylic acids is 1. The van der Waals surface area contributed by atoms with Gasteiger partial charge in [0.05, 0.1) is 22.7 Å². The molecule has 2 aliphatic rings. The van der Waals surface area contributed by atoms with E-state index in [1.54, 1.807) is 6.92 Å². The zero-order valence-corrected chi connectivity index (χ0v) is 26.4. The molecule has 0 fully saturated rings. The molecular formula is C32H33N4NaO4. The predicted octanol–water partition coefficient (Wildman–Crippen LogP) is 3.97. The van der Waals surface area contributed by atoms with Crippen LogP contribution >= 0.6 is 0 Å². The van der Waals surface area contributed by atoms with E-state index in [0.29, 0.717) is 29.1 Å².